The molecule has 8 heteroatoms. The fraction of sp³-hybridized carbons (Fsp3) is 0.524. The number of carbonyl (C=O) groups is 4. The highest BCUT2D eigenvalue weighted by atomic mass is 16.2. The summed E-state index contributed by atoms with van der Waals surface area (Å²) in [7, 11) is 1.65. The van der Waals surface area contributed by atoms with Crippen LogP contribution in [0.5, 0.6) is 0 Å². The maximum atomic E-state index is 13.0. The summed E-state index contributed by atoms with van der Waals surface area (Å²) in [6.45, 7) is 0.412. The summed E-state index contributed by atoms with van der Waals surface area (Å²) in [6, 6.07) is 6.61. The van der Waals surface area contributed by atoms with Gasteiger partial charge in [-0.3, -0.25) is 19.3 Å². The molecule has 1 aromatic carbocycles. The molecule has 2 heterocycles. The maximum absolute atomic E-state index is 13.0. The molecule has 0 radical (unpaired) electrons. The summed E-state index contributed by atoms with van der Waals surface area (Å²) in [5.41, 5.74) is 0.584. The van der Waals surface area contributed by atoms with Gasteiger partial charge in [0.25, 0.3) is 5.91 Å². The second kappa shape index (κ2) is 7.50. The highest BCUT2D eigenvalue weighted by Crippen LogP contribution is 2.39. The van der Waals surface area contributed by atoms with Gasteiger partial charge >= 0.3 is 6.03 Å². The normalized spacial score (nSPS) is 21.4. The molecule has 8 nitrogen and oxygen atoms in total. The summed E-state index contributed by atoms with van der Waals surface area (Å²) in [5, 5.41) is 2.74. The average Bonchev–Trinajstić information content (AvgIpc) is 3.22. The van der Waals surface area contributed by atoms with Crippen LogP contribution in [0.2, 0.25) is 0 Å². The highest BCUT2D eigenvalue weighted by molar-refractivity contribution is 6.10. The third-order valence-corrected chi connectivity index (χ3v) is 6.32. The summed E-state index contributed by atoms with van der Waals surface area (Å²) in [6.07, 6.45) is 5.62. The Bertz CT molecular complexity index is 845. The maximum Gasteiger partial charge on any atom is 0.327 e. The average molecular weight is 398 g/mol. The lowest BCUT2D eigenvalue weighted by molar-refractivity contribution is -0.136. The molecule has 1 aromatic rings. The molecule has 1 saturated carbocycles. The molecule has 2 saturated heterocycles. The van der Waals surface area contributed by atoms with Gasteiger partial charge in [0.1, 0.15) is 12.1 Å². The standard InChI is InChI=1S/C21H26N4O4/c1-23-20(29)25(19(28)21(23)11-3-2-4-12-21)14-17(26)22-15-7-9-16(10-8-15)24-13-5-6-18(24)27/h7-10H,2-6,11-14H2,1H3,(H,22,26). The van der Waals surface area contributed by atoms with Crippen molar-refractivity contribution in [2.24, 2.45) is 0 Å². The molecule has 1 aliphatic carbocycles. The third-order valence-electron chi connectivity index (χ3n) is 6.32. The van der Waals surface area contributed by atoms with Gasteiger partial charge < -0.3 is 15.1 Å². The molecule has 0 bridgehead atoms. The van der Waals surface area contributed by atoms with Crippen LogP contribution in [0, 0.1) is 0 Å². The van der Waals surface area contributed by atoms with Crippen molar-refractivity contribution < 1.29 is 19.2 Å². The predicted octanol–water partition coefficient (Wildman–Crippen LogP) is 2.35. The number of anilines is 2. The Kier molecular flexibility index (Phi) is 5.02. The molecule has 2 aliphatic heterocycles. The minimum absolute atomic E-state index is 0.105. The fourth-order valence-electron chi connectivity index (χ4n) is 4.66. The molecule has 0 atom stereocenters. The van der Waals surface area contributed by atoms with Crippen LogP contribution in [0.1, 0.15) is 44.9 Å². The van der Waals surface area contributed by atoms with E-state index in [-0.39, 0.29) is 18.4 Å². The lowest BCUT2D eigenvalue weighted by Gasteiger charge is -2.35. The fourth-order valence-corrected chi connectivity index (χ4v) is 4.66. The molecule has 5 amide bonds. The monoisotopic (exact) mass is 398 g/mol. The first-order valence-corrected chi connectivity index (χ1v) is 10.2. The number of nitrogens with zero attached hydrogens (tertiary/aromatic N) is 3. The van der Waals surface area contributed by atoms with Crippen molar-refractivity contribution >= 4 is 35.1 Å². The second-order valence-corrected chi connectivity index (χ2v) is 8.07. The van der Waals surface area contributed by atoms with Gasteiger partial charge in [0, 0.05) is 31.4 Å². The van der Waals surface area contributed by atoms with Crippen molar-refractivity contribution in [3.63, 3.8) is 0 Å². The Labute approximate surface area is 169 Å². The van der Waals surface area contributed by atoms with Crippen LogP contribution in [0.4, 0.5) is 16.2 Å². The Morgan fingerprint density at radius 1 is 1.03 bits per heavy atom. The highest BCUT2D eigenvalue weighted by Gasteiger charge is 2.55. The van der Waals surface area contributed by atoms with Gasteiger partial charge in [0.2, 0.25) is 11.8 Å². The van der Waals surface area contributed by atoms with E-state index in [1.165, 1.54) is 4.90 Å². The summed E-state index contributed by atoms with van der Waals surface area (Å²) < 4.78 is 0. The molecular weight excluding hydrogens is 372 g/mol. The molecule has 4 rings (SSSR count). The number of likely N-dealkylation sites (N-methyl/N-ethyl adjacent to an activating group) is 1. The third kappa shape index (κ3) is 3.36. The summed E-state index contributed by atoms with van der Waals surface area (Å²) in [4.78, 5) is 54.2. The van der Waals surface area contributed by atoms with Crippen LogP contribution >= 0.6 is 0 Å². The quantitative estimate of drug-likeness (QED) is 0.789. The Morgan fingerprint density at radius 2 is 1.72 bits per heavy atom. The molecule has 1 spiro atoms. The van der Waals surface area contributed by atoms with Crippen molar-refractivity contribution in [1.82, 2.24) is 9.80 Å². The first-order valence-electron chi connectivity index (χ1n) is 10.2. The molecule has 0 aromatic heterocycles. The van der Waals surface area contributed by atoms with E-state index >= 15 is 0 Å². The summed E-state index contributed by atoms with van der Waals surface area (Å²) >= 11 is 0. The number of nitrogens with one attached hydrogen (secondary N) is 1. The zero-order chi connectivity index (χ0) is 20.6. The Hall–Kier alpha value is -2.90. The largest absolute Gasteiger partial charge is 0.327 e. The van der Waals surface area contributed by atoms with E-state index < -0.39 is 17.5 Å². The van der Waals surface area contributed by atoms with Crippen LogP contribution in [0.15, 0.2) is 24.3 Å². The van der Waals surface area contributed by atoms with Crippen LogP contribution in [0.3, 0.4) is 0 Å². The van der Waals surface area contributed by atoms with Gasteiger partial charge in [0.05, 0.1) is 0 Å². The smallest absolute Gasteiger partial charge is 0.325 e. The first-order chi connectivity index (χ1) is 13.9. The van der Waals surface area contributed by atoms with Crippen LogP contribution in [-0.2, 0) is 14.4 Å². The van der Waals surface area contributed by atoms with Crippen LogP contribution in [0.25, 0.3) is 0 Å². The number of benzene rings is 1. The number of urea groups is 1. The number of imide groups is 1. The number of carbonyl (C=O) groups excluding carboxylic acids is 4. The minimum Gasteiger partial charge on any atom is -0.325 e. The van der Waals surface area contributed by atoms with Gasteiger partial charge in [-0.15, -0.1) is 0 Å². The summed E-state index contributed by atoms with van der Waals surface area (Å²) in [5.74, 6) is -0.575. The zero-order valence-electron chi connectivity index (χ0n) is 16.6. The molecule has 29 heavy (non-hydrogen) atoms. The lowest BCUT2D eigenvalue weighted by Crippen LogP contribution is -2.49. The Morgan fingerprint density at radius 3 is 2.34 bits per heavy atom. The van der Waals surface area contributed by atoms with E-state index in [4.69, 9.17) is 0 Å². The lowest BCUT2D eigenvalue weighted by atomic mass is 9.81. The van der Waals surface area contributed by atoms with Crippen molar-refractivity contribution in [1.29, 1.82) is 0 Å². The number of rotatable bonds is 4. The molecule has 3 fully saturated rings. The van der Waals surface area contributed by atoms with Crippen molar-refractivity contribution in [3.05, 3.63) is 24.3 Å². The van der Waals surface area contributed by atoms with E-state index in [1.807, 2.05) is 0 Å². The molecule has 154 valence electrons. The van der Waals surface area contributed by atoms with Crippen molar-refractivity contribution in [2.75, 3.05) is 30.4 Å². The number of hydrogen-bond donors (Lipinski definition) is 1. The van der Waals surface area contributed by atoms with Gasteiger partial charge in [-0.25, -0.2) is 4.79 Å². The Balaban J connectivity index is 1.40. The minimum atomic E-state index is -0.778. The van der Waals surface area contributed by atoms with E-state index in [2.05, 4.69) is 5.32 Å². The topological polar surface area (TPSA) is 90.0 Å². The SMILES string of the molecule is CN1C(=O)N(CC(=O)Nc2ccc(N3CCCC3=O)cc2)C(=O)C12CCCCC2. The van der Waals surface area contributed by atoms with Gasteiger partial charge in [0.15, 0.2) is 0 Å². The van der Waals surface area contributed by atoms with E-state index in [1.54, 1.807) is 36.2 Å². The number of hydrogen-bond acceptors (Lipinski definition) is 4. The van der Waals surface area contributed by atoms with Crippen LogP contribution < -0.4 is 10.2 Å². The number of amides is 5. The molecule has 0 unspecified atom stereocenters. The van der Waals surface area contributed by atoms with E-state index in [0.717, 1.165) is 36.3 Å². The van der Waals surface area contributed by atoms with Gasteiger partial charge in [-0.05, 0) is 43.5 Å². The second-order valence-electron chi connectivity index (χ2n) is 8.07. The van der Waals surface area contributed by atoms with Crippen molar-refractivity contribution in [3.8, 4) is 0 Å². The van der Waals surface area contributed by atoms with Gasteiger partial charge in [-0.2, -0.15) is 0 Å². The zero-order valence-corrected chi connectivity index (χ0v) is 16.6. The van der Waals surface area contributed by atoms with E-state index in [9.17, 15) is 19.2 Å². The van der Waals surface area contributed by atoms with Crippen molar-refractivity contribution in [2.45, 2.75) is 50.5 Å². The van der Waals surface area contributed by atoms with E-state index in [0.29, 0.717) is 31.5 Å². The van der Waals surface area contributed by atoms with Gasteiger partial charge in [-0.1, -0.05) is 19.3 Å². The molecule has 3 aliphatic rings. The predicted molar refractivity (Wildman–Crippen MR) is 107 cm³/mol. The first kappa shape index (κ1) is 19.4. The molecular formula is C21H26N4O4. The molecule has 1 N–H and O–H groups in total. The van der Waals surface area contributed by atoms with Crippen LogP contribution in [-0.4, -0.2) is 59.2 Å².